The number of nitrogens with one attached hydrogen (secondary N) is 1. The van der Waals surface area contributed by atoms with Crippen molar-refractivity contribution in [3.63, 3.8) is 0 Å². The second-order valence-electron chi connectivity index (χ2n) is 4.01. The van der Waals surface area contributed by atoms with Crippen LogP contribution in [0.2, 0.25) is 0 Å². The average Bonchev–Trinajstić information content (AvgIpc) is 2.40. The third-order valence-electron chi connectivity index (χ3n) is 2.55. The Hall–Kier alpha value is -2.47. The number of anilines is 1. The van der Waals surface area contributed by atoms with Gasteiger partial charge >= 0.3 is 0 Å². The van der Waals surface area contributed by atoms with Crippen LogP contribution < -0.4 is 5.32 Å². The first kappa shape index (κ1) is 13.0. The molecular formula is C13H13N3O3. The molecule has 98 valence electrons. The summed E-state index contributed by atoms with van der Waals surface area (Å²) in [6, 6.07) is 12.3. The summed E-state index contributed by atoms with van der Waals surface area (Å²) in [5.41, 5.74) is 0.910. The van der Waals surface area contributed by atoms with Crippen molar-refractivity contribution in [2.45, 2.75) is 12.6 Å². The van der Waals surface area contributed by atoms with E-state index < -0.39 is 11.2 Å². The molecule has 1 heterocycles. The Kier molecular flexibility index (Phi) is 4.04. The number of pyridine rings is 1. The van der Waals surface area contributed by atoms with Crippen molar-refractivity contribution in [3.05, 3.63) is 64.3 Å². The number of aliphatic hydroxyl groups is 1. The first-order valence-corrected chi connectivity index (χ1v) is 5.74. The van der Waals surface area contributed by atoms with Crippen LogP contribution in [0.1, 0.15) is 5.56 Å². The van der Waals surface area contributed by atoms with Gasteiger partial charge in [-0.2, -0.15) is 0 Å². The van der Waals surface area contributed by atoms with Crippen molar-refractivity contribution in [1.29, 1.82) is 0 Å². The number of benzene rings is 1. The third-order valence-corrected chi connectivity index (χ3v) is 2.55. The summed E-state index contributed by atoms with van der Waals surface area (Å²) < 4.78 is 0. The van der Waals surface area contributed by atoms with Crippen LogP contribution in [0.15, 0.2) is 48.7 Å². The zero-order valence-electron chi connectivity index (χ0n) is 10.1. The lowest BCUT2D eigenvalue weighted by molar-refractivity contribution is -0.385. The molecule has 0 amide bonds. The molecule has 2 N–H and O–H groups in total. The maximum atomic E-state index is 10.5. The van der Waals surface area contributed by atoms with Gasteiger partial charge in [-0.05, 0) is 11.6 Å². The van der Waals surface area contributed by atoms with Gasteiger partial charge in [0.15, 0.2) is 0 Å². The first-order chi connectivity index (χ1) is 9.15. The quantitative estimate of drug-likeness (QED) is 0.487. The fourth-order valence-corrected chi connectivity index (χ4v) is 1.64. The molecule has 0 aliphatic carbocycles. The van der Waals surface area contributed by atoms with Crippen molar-refractivity contribution < 1.29 is 10.0 Å². The molecule has 2 rings (SSSR count). The van der Waals surface area contributed by atoms with Gasteiger partial charge in [0.1, 0.15) is 18.2 Å². The van der Waals surface area contributed by atoms with Gasteiger partial charge in [-0.1, -0.05) is 30.3 Å². The number of nitro groups is 1. The van der Waals surface area contributed by atoms with E-state index in [0.29, 0.717) is 12.2 Å². The van der Waals surface area contributed by atoms with Gasteiger partial charge in [-0.25, -0.2) is 4.98 Å². The fraction of sp³-hybridized carbons (Fsp3) is 0.154. The summed E-state index contributed by atoms with van der Waals surface area (Å²) in [5.74, 6) is 0.397. The molecule has 0 aliphatic rings. The van der Waals surface area contributed by atoms with Crippen molar-refractivity contribution in [2.75, 3.05) is 5.32 Å². The van der Waals surface area contributed by atoms with Crippen molar-refractivity contribution in [1.82, 2.24) is 4.98 Å². The summed E-state index contributed by atoms with van der Waals surface area (Å²) in [6.45, 7) is 0. The third kappa shape index (κ3) is 3.75. The maximum Gasteiger partial charge on any atom is 0.287 e. The number of rotatable bonds is 5. The van der Waals surface area contributed by atoms with E-state index in [1.807, 2.05) is 30.3 Å². The zero-order valence-corrected chi connectivity index (χ0v) is 10.1. The molecule has 0 bridgehead atoms. The number of hydrogen-bond acceptors (Lipinski definition) is 5. The second-order valence-corrected chi connectivity index (χ2v) is 4.01. The Balaban J connectivity index is 1.95. The van der Waals surface area contributed by atoms with Gasteiger partial charge < -0.3 is 10.4 Å². The van der Waals surface area contributed by atoms with E-state index in [2.05, 4.69) is 10.3 Å². The first-order valence-electron chi connectivity index (χ1n) is 5.74. The minimum Gasteiger partial charge on any atom is -0.373 e. The number of aliphatic hydroxyl groups excluding tert-OH is 1. The summed E-state index contributed by atoms with van der Waals surface area (Å²) in [4.78, 5) is 13.8. The Bertz CT molecular complexity index is 543. The lowest BCUT2D eigenvalue weighted by Gasteiger charge is -2.13. The molecule has 0 radical (unpaired) electrons. The number of nitrogens with zero attached hydrogens (tertiary/aromatic N) is 2. The van der Waals surface area contributed by atoms with Gasteiger partial charge in [-0.3, -0.25) is 10.1 Å². The minimum atomic E-state index is -0.795. The highest BCUT2D eigenvalue weighted by Gasteiger charge is 2.08. The summed E-state index contributed by atoms with van der Waals surface area (Å²) >= 11 is 0. The summed E-state index contributed by atoms with van der Waals surface area (Å²) in [7, 11) is 0. The molecule has 0 saturated carbocycles. The Labute approximate surface area is 109 Å². The molecule has 6 nitrogen and oxygen atoms in total. The molecular weight excluding hydrogens is 246 g/mol. The van der Waals surface area contributed by atoms with Crippen molar-refractivity contribution >= 4 is 11.5 Å². The number of aromatic nitrogens is 1. The predicted octanol–water partition coefficient (Wildman–Crippen LogP) is 1.96. The van der Waals surface area contributed by atoms with Crippen LogP contribution in [-0.4, -0.2) is 21.2 Å². The Morgan fingerprint density at radius 3 is 2.58 bits per heavy atom. The van der Waals surface area contributed by atoms with Crippen molar-refractivity contribution in [2.24, 2.45) is 0 Å². The molecule has 1 aromatic heterocycles. The fourth-order valence-electron chi connectivity index (χ4n) is 1.64. The molecule has 19 heavy (non-hydrogen) atoms. The summed E-state index contributed by atoms with van der Waals surface area (Å²) in [5, 5.41) is 23.1. The van der Waals surface area contributed by atoms with Crippen LogP contribution in [0.4, 0.5) is 11.5 Å². The lowest BCUT2D eigenvalue weighted by Crippen LogP contribution is -2.21. The van der Waals surface area contributed by atoms with Gasteiger partial charge in [0.05, 0.1) is 4.92 Å². The van der Waals surface area contributed by atoms with E-state index in [-0.39, 0.29) is 5.69 Å². The van der Waals surface area contributed by atoms with Crippen LogP contribution in [0.25, 0.3) is 0 Å². The highest BCUT2D eigenvalue weighted by atomic mass is 16.6. The van der Waals surface area contributed by atoms with Gasteiger partial charge in [0.25, 0.3) is 5.69 Å². The maximum absolute atomic E-state index is 10.5. The highest BCUT2D eigenvalue weighted by molar-refractivity contribution is 5.40. The van der Waals surface area contributed by atoms with Crippen LogP contribution in [0.5, 0.6) is 0 Å². The molecule has 1 atom stereocenters. The minimum absolute atomic E-state index is 0.0805. The molecule has 0 fully saturated rings. The van der Waals surface area contributed by atoms with Crippen LogP contribution >= 0.6 is 0 Å². The molecule has 1 aromatic carbocycles. The summed E-state index contributed by atoms with van der Waals surface area (Å²) in [6.07, 6.45) is 0.785. The van der Waals surface area contributed by atoms with E-state index in [1.165, 1.54) is 12.1 Å². The van der Waals surface area contributed by atoms with E-state index in [1.54, 1.807) is 0 Å². The lowest BCUT2D eigenvalue weighted by atomic mass is 10.1. The van der Waals surface area contributed by atoms with Crippen LogP contribution in [0.3, 0.4) is 0 Å². The average molecular weight is 259 g/mol. The monoisotopic (exact) mass is 259 g/mol. The highest BCUT2D eigenvalue weighted by Crippen LogP contribution is 2.13. The molecule has 1 unspecified atom stereocenters. The molecule has 2 aromatic rings. The number of hydrogen-bond donors (Lipinski definition) is 2. The van der Waals surface area contributed by atoms with Gasteiger partial charge in [0.2, 0.25) is 0 Å². The largest absolute Gasteiger partial charge is 0.373 e. The van der Waals surface area contributed by atoms with Crippen LogP contribution in [-0.2, 0) is 6.42 Å². The topological polar surface area (TPSA) is 88.3 Å². The second kappa shape index (κ2) is 5.92. The molecule has 0 aliphatic heterocycles. The van der Waals surface area contributed by atoms with Gasteiger partial charge in [0, 0.05) is 12.5 Å². The van der Waals surface area contributed by atoms with Crippen LogP contribution in [0, 0.1) is 10.1 Å². The van der Waals surface area contributed by atoms with Crippen molar-refractivity contribution in [3.8, 4) is 0 Å². The zero-order chi connectivity index (χ0) is 13.7. The Morgan fingerprint density at radius 2 is 2.00 bits per heavy atom. The Morgan fingerprint density at radius 1 is 1.26 bits per heavy atom. The predicted molar refractivity (Wildman–Crippen MR) is 70.7 cm³/mol. The van der Waals surface area contributed by atoms with E-state index in [4.69, 9.17) is 0 Å². The normalized spacial score (nSPS) is 11.8. The molecule has 0 spiro atoms. The SMILES string of the molecule is O=[N+]([O-])c1ccc(NC(O)Cc2ccccc2)nc1. The van der Waals surface area contributed by atoms with E-state index >= 15 is 0 Å². The molecule has 0 saturated heterocycles. The molecule has 6 heteroatoms. The standard InChI is InChI=1S/C13H13N3O3/c17-13(8-10-4-2-1-3-5-10)15-12-7-6-11(9-14-12)16(18)19/h1-7,9,13,17H,8H2,(H,14,15). The van der Waals surface area contributed by atoms with E-state index in [9.17, 15) is 15.2 Å². The smallest absolute Gasteiger partial charge is 0.287 e. The van der Waals surface area contributed by atoms with E-state index in [0.717, 1.165) is 11.8 Å². The van der Waals surface area contributed by atoms with Gasteiger partial charge in [-0.15, -0.1) is 0 Å².